The molecule has 1 aliphatic rings. The fraction of sp³-hybridized carbons (Fsp3) is 0.333. The molecule has 2 aromatic rings. The SMILES string of the molecule is NCc1cccc(-c2cccc(CN3CCNCC3)c2)c1. The Balaban J connectivity index is 1.78. The molecule has 3 heteroatoms. The summed E-state index contributed by atoms with van der Waals surface area (Å²) < 4.78 is 0. The molecule has 110 valence electrons. The van der Waals surface area contributed by atoms with Crippen molar-refractivity contribution in [2.45, 2.75) is 13.1 Å². The van der Waals surface area contributed by atoms with Crippen molar-refractivity contribution in [3.63, 3.8) is 0 Å². The molecule has 0 radical (unpaired) electrons. The molecule has 3 nitrogen and oxygen atoms in total. The van der Waals surface area contributed by atoms with E-state index in [4.69, 9.17) is 5.73 Å². The smallest absolute Gasteiger partial charge is 0.0235 e. The lowest BCUT2D eigenvalue weighted by Crippen LogP contribution is -2.42. The van der Waals surface area contributed by atoms with Gasteiger partial charge >= 0.3 is 0 Å². The van der Waals surface area contributed by atoms with E-state index in [-0.39, 0.29) is 0 Å². The molecule has 0 spiro atoms. The van der Waals surface area contributed by atoms with Gasteiger partial charge in [0.15, 0.2) is 0 Å². The fourth-order valence-electron chi connectivity index (χ4n) is 2.85. The zero-order chi connectivity index (χ0) is 14.5. The van der Waals surface area contributed by atoms with Crippen LogP contribution >= 0.6 is 0 Å². The lowest BCUT2D eigenvalue weighted by Gasteiger charge is -2.27. The van der Waals surface area contributed by atoms with E-state index in [1.54, 1.807) is 0 Å². The van der Waals surface area contributed by atoms with Gasteiger partial charge in [-0.2, -0.15) is 0 Å². The number of nitrogens with zero attached hydrogens (tertiary/aromatic N) is 1. The Morgan fingerprint density at radius 3 is 2.19 bits per heavy atom. The van der Waals surface area contributed by atoms with Crippen molar-refractivity contribution >= 4 is 0 Å². The zero-order valence-electron chi connectivity index (χ0n) is 12.4. The first-order valence-electron chi connectivity index (χ1n) is 7.66. The molecule has 2 aromatic carbocycles. The summed E-state index contributed by atoms with van der Waals surface area (Å²) in [6.45, 7) is 6.08. The molecular weight excluding hydrogens is 258 g/mol. The van der Waals surface area contributed by atoms with Crippen molar-refractivity contribution in [2.75, 3.05) is 26.2 Å². The van der Waals surface area contributed by atoms with E-state index in [2.05, 4.69) is 58.7 Å². The molecular formula is C18H23N3. The maximum Gasteiger partial charge on any atom is 0.0235 e. The number of piperazine rings is 1. The van der Waals surface area contributed by atoms with E-state index in [9.17, 15) is 0 Å². The van der Waals surface area contributed by atoms with Crippen molar-refractivity contribution in [2.24, 2.45) is 5.73 Å². The van der Waals surface area contributed by atoms with Crippen LogP contribution in [-0.4, -0.2) is 31.1 Å². The average molecular weight is 281 g/mol. The van der Waals surface area contributed by atoms with Crippen LogP contribution in [-0.2, 0) is 13.1 Å². The molecule has 0 amide bonds. The minimum atomic E-state index is 0.592. The molecule has 1 heterocycles. The van der Waals surface area contributed by atoms with E-state index < -0.39 is 0 Å². The molecule has 0 bridgehead atoms. The van der Waals surface area contributed by atoms with Crippen LogP contribution in [0.3, 0.4) is 0 Å². The highest BCUT2D eigenvalue weighted by atomic mass is 15.2. The van der Waals surface area contributed by atoms with Gasteiger partial charge in [0.1, 0.15) is 0 Å². The molecule has 21 heavy (non-hydrogen) atoms. The number of nitrogens with two attached hydrogens (primary N) is 1. The number of rotatable bonds is 4. The first-order valence-corrected chi connectivity index (χ1v) is 7.66. The van der Waals surface area contributed by atoms with E-state index in [1.807, 2.05) is 0 Å². The molecule has 3 rings (SSSR count). The molecule has 0 saturated carbocycles. The van der Waals surface area contributed by atoms with E-state index in [0.29, 0.717) is 6.54 Å². The fourth-order valence-corrected chi connectivity index (χ4v) is 2.85. The van der Waals surface area contributed by atoms with Crippen molar-refractivity contribution in [1.82, 2.24) is 10.2 Å². The Hall–Kier alpha value is -1.68. The second kappa shape index (κ2) is 6.85. The minimum absolute atomic E-state index is 0.592. The second-order valence-corrected chi connectivity index (χ2v) is 5.63. The molecule has 0 unspecified atom stereocenters. The van der Waals surface area contributed by atoms with Crippen LogP contribution < -0.4 is 11.1 Å². The van der Waals surface area contributed by atoms with Crippen LogP contribution in [0.4, 0.5) is 0 Å². The van der Waals surface area contributed by atoms with Crippen LogP contribution in [0.15, 0.2) is 48.5 Å². The van der Waals surface area contributed by atoms with E-state index in [0.717, 1.165) is 32.7 Å². The summed E-state index contributed by atoms with van der Waals surface area (Å²) >= 11 is 0. The summed E-state index contributed by atoms with van der Waals surface area (Å²) in [5.41, 5.74) is 10.8. The Morgan fingerprint density at radius 1 is 0.905 bits per heavy atom. The van der Waals surface area contributed by atoms with Gasteiger partial charge in [0.25, 0.3) is 0 Å². The van der Waals surface area contributed by atoms with Gasteiger partial charge in [-0.25, -0.2) is 0 Å². The summed E-state index contributed by atoms with van der Waals surface area (Å²) in [5, 5.41) is 3.40. The monoisotopic (exact) mass is 281 g/mol. The van der Waals surface area contributed by atoms with Crippen LogP contribution in [0.2, 0.25) is 0 Å². The van der Waals surface area contributed by atoms with Gasteiger partial charge in [-0.15, -0.1) is 0 Å². The highest BCUT2D eigenvalue weighted by Crippen LogP contribution is 2.22. The zero-order valence-corrected chi connectivity index (χ0v) is 12.4. The Bertz CT molecular complexity index is 589. The maximum absolute atomic E-state index is 5.74. The van der Waals surface area contributed by atoms with E-state index >= 15 is 0 Å². The summed E-state index contributed by atoms with van der Waals surface area (Å²) in [6, 6.07) is 17.4. The first kappa shape index (κ1) is 14.3. The summed E-state index contributed by atoms with van der Waals surface area (Å²) in [4.78, 5) is 2.51. The van der Waals surface area contributed by atoms with Gasteiger partial charge < -0.3 is 11.1 Å². The summed E-state index contributed by atoms with van der Waals surface area (Å²) in [5.74, 6) is 0. The third kappa shape index (κ3) is 3.70. The lowest BCUT2D eigenvalue weighted by molar-refractivity contribution is 0.233. The van der Waals surface area contributed by atoms with E-state index in [1.165, 1.54) is 22.3 Å². The Labute approximate surface area is 126 Å². The Morgan fingerprint density at radius 2 is 1.52 bits per heavy atom. The third-order valence-corrected chi connectivity index (χ3v) is 4.04. The molecule has 1 aliphatic heterocycles. The van der Waals surface area contributed by atoms with Crippen molar-refractivity contribution in [3.05, 3.63) is 59.7 Å². The number of hydrogen-bond acceptors (Lipinski definition) is 3. The van der Waals surface area contributed by atoms with Crippen LogP contribution in [0.1, 0.15) is 11.1 Å². The molecule has 1 saturated heterocycles. The number of benzene rings is 2. The first-order chi connectivity index (χ1) is 10.3. The van der Waals surface area contributed by atoms with Gasteiger partial charge in [0, 0.05) is 39.3 Å². The van der Waals surface area contributed by atoms with Crippen molar-refractivity contribution in [1.29, 1.82) is 0 Å². The van der Waals surface area contributed by atoms with Gasteiger partial charge in [-0.3, -0.25) is 4.90 Å². The normalized spacial score (nSPS) is 16.0. The van der Waals surface area contributed by atoms with Crippen molar-refractivity contribution in [3.8, 4) is 11.1 Å². The third-order valence-electron chi connectivity index (χ3n) is 4.04. The maximum atomic E-state index is 5.74. The summed E-state index contributed by atoms with van der Waals surface area (Å²) in [6.07, 6.45) is 0. The highest BCUT2D eigenvalue weighted by molar-refractivity contribution is 5.64. The van der Waals surface area contributed by atoms with Crippen LogP contribution in [0.25, 0.3) is 11.1 Å². The minimum Gasteiger partial charge on any atom is -0.326 e. The number of nitrogens with one attached hydrogen (secondary N) is 1. The van der Waals surface area contributed by atoms with Crippen molar-refractivity contribution < 1.29 is 0 Å². The Kier molecular flexibility index (Phi) is 4.65. The van der Waals surface area contributed by atoms with Crippen LogP contribution in [0, 0.1) is 0 Å². The second-order valence-electron chi connectivity index (χ2n) is 5.63. The summed E-state index contributed by atoms with van der Waals surface area (Å²) in [7, 11) is 0. The van der Waals surface area contributed by atoms with Gasteiger partial charge in [0.05, 0.1) is 0 Å². The highest BCUT2D eigenvalue weighted by Gasteiger charge is 2.10. The largest absolute Gasteiger partial charge is 0.326 e. The van der Waals surface area contributed by atoms with Gasteiger partial charge in [-0.05, 0) is 34.4 Å². The molecule has 1 fully saturated rings. The van der Waals surface area contributed by atoms with Gasteiger partial charge in [-0.1, -0.05) is 36.4 Å². The molecule has 0 aliphatic carbocycles. The molecule has 0 atom stereocenters. The number of hydrogen-bond donors (Lipinski definition) is 2. The molecule has 3 N–H and O–H groups in total. The quantitative estimate of drug-likeness (QED) is 0.903. The predicted octanol–water partition coefficient (Wildman–Crippen LogP) is 2.22. The topological polar surface area (TPSA) is 41.3 Å². The average Bonchev–Trinajstić information content (AvgIpc) is 2.56. The predicted molar refractivity (Wildman–Crippen MR) is 87.9 cm³/mol. The standard InChI is InChI=1S/C18H23N3/c19-13-15-3-1-5-17(11-15)18-6-2-4-16(12-18)14-21-9-7-20-8-10-21/h1-6,11-12,20H,7-10,13-14,19H2. The van der Waals surface area contributed by atoms with Gasteiger partial charge in [0.2, 0.25) is 0 Å². The van der Waals surface area contributed by atoms with Crippen LogP contribution in [0.5, 0.6) is 0 Å². The lowest BCUT2D eigenvalue weighted by atomic mass is 10.0. The molecule has 0 aromatic heterocycles.